The van der Waals surface area contributed by atoms with Gasteiger partial charge in [0.15, 0.2) is 11.3 Å². The molecule has 2 saturated heterocycles. The average molecular weight is 514 g/mol. The van der Waals surface area contributed by atoms with E-state index in [1.165, 1.54) is 24.3 Å². The molecule has 10 heteroatoms. The van der Waals surface area contributed by atoms with Crippen molar-refractivity contribution in [3.8, 4) is 0 Å². The molecule has 0 aliphatic carbocycles. The van der Waals surface area contributed by atoms with Gasteiger partial charge in [-0.05, 0) is 44.0 Å². The van der Waals surface area contributed by atoms with E-state index >= 15 is 0 Å². The van der Waals surface area contributed by atoms with Gasteiger partial charge in [0.05, 0.1) is 37.3 Å². The van der Waals surface area contributed by atoms with Crippen molar-refractivity contribution in [1.29, 1.82) is 0 Å². The van der Waals surface area contributed by atoms with Crippen LogP contribution in [-0.2, 0) is 4.74 Å². The van der Waals surface area contributed by atoms with E-state index in [4.69, 9.17) is 9.15 Å². The second-order valence-electron chi connectivity index (χ2n) is 9.49. The number of carbonyl (C=O) groups is 1. The molecule has 1 unspecified atom stereocenters. The maximum absolute atomic E-state index is 13.8. The van der Waals surface area contributed by atoms with Crippen molar-refractivity contribution in [2.24, 2.45) is 0 Å². The summed E-state index contributed by atoms with van der Waals surface area (Å²) in [5, 5.41) is 13.0. The van der Waals surface area contributed by atoms with E-state index in [0.717, 1.165) is 12.5 Å². The van der Waals surface area contributed by atoms with Crippen LogP contribution in [0.25, 0.3) is 11.0 Å². The third-order valence-corrected chi connectivity index (χ3v) is 6.98. The number of hydrogen-bond acceptors (Lipinski definition) is 7. The van der Waals surface area contributed by atoms with Crippen LogP contribution in [0.3, 0.4) is 0 Å². The van der Waals surface area contributed by atoms with E-state index in [-0.39, 0.29) is 40.6 Å². The first-order valence-electron chi connectivity index (χ1n) is 12.4. The van der Waals surface area contributed by atoms with Gasteiger partial charge in [-0.25, -0.2) is 8.78 Å². The number of halogens is 2. The van der Waals surface area contributed by atoms with Crippen molar-refractivity contribution in [2.75, 3.05) is 49.7 Å². The highest BCUT2D eigenvalue weighted by atomic mass is 19.1. The number of ether oxygens (including phenoxy) is 1. The van der Waals surface area contributed by atoms with Crippen molar-refractivity contribution in [3.05, 3.63) is 69.4 Å². The topological polar surface area (TPSA) is 95.3 Å². The number of benzene rings is 2. The molecule has 1 aromatic heterocycles. The second kappa shape index (κ2) is 10.5. The molecular weight excluding hydrogens is 484 g/mol. The van der Waals surface area contributed by atoms with Gasteiger partial charge >= 0.3 is 0 Å². The molecular formula is C27H29F2N3O5. The Morgan fingerprint density at radius 3 is 2.54 bits per heavy atom. The van der Waals surface area contributed by atoms with Crippen LogP contribution in [0.4, 0.5) is 20.4 Å². The zero-order valence-corrected chi connectivity index (χ0v) is 20.5. The highest BCUT2D eigenvalue weighted by Gasteiger charge is 2.30. The van der Waals surface area contributed by atoms with Crippen molar-refractivity contribution >= 4 is 28.4 Å². The van der Waals surface area contributed by atoms with Crippen LogP contribution < -0.4 is 15.6 Å². The molecule has 2 atom stereocenters. The predicted octanol–water partition coefficient (Wildman–Crippen LogP) is 3.68. The molecule has 196 valence electrons. The summed E-state index contributed by atoms with van der Waals surface area (Å²) in [4.78, 5) is 30.3. The van der Waals surface area contributed by atoms with E-state index in [1.807, 2.05) is 4.90 Å². The van der Waals surface area contributed by atoms with Crippen LogP contribution in [0, 0.1) is 11.6 Å². The Hall–Kier alpha value is -3.50. The summed E-state index contributed by atoms with van der Waals surface area (Å²) >= 11 is 0. The number of nitrogens with one attached hydrogen (secondary N) is 1. The minimum Gasteiger partial charge on any atom is -0.440 e. The van der Waals surface area contributed by atoms with Crippen LogP contribution in [0.15, 0.2) is 45.6 Å². The molecule has 3 heterocycles. The van der Waals surface area contributed by atoms with Crippen molar-refractivity contribution in [1.82, 2.24) is 4.90 Å². The summed E-state index contributed by atoms with van der Waals surface area (Å²) in [7, 11) is 0. The van der Waals surface area contributed by atoms with Crippen LogP contribution >= 0.6 is 0 Å². The third kappa shape index (κ3) is 5.17. The number of rotatable bonds is 6. The SMILES string of the molecule is CC(Nc1cc(F)cc(F)c1)c1cc(C(=O)N2CCC[C@@H]2CO)cc2c(=O)cc(N3CCOCC3)oc12. The number of amides is 1. The maximum Gasteiger partial charge on any atom is 0.254 e. The summed E-state index contributed by atoms with van der Waals surface area (Å²) in [5.41, 5.74) is 0.984. The molecule has 2 aliphatic heterocycles. The zero-order valence-electron chi connectivity index (χ0n) is 20.5. The number of aliphatic hydroxyl groups is 1. The van der Waals surface area contributed by atoms with Crippen LogP contribution in [0.1, 0.15) is 41.7 Å². The van der Waals surface area contributed by atoms with Crippen LogP contribution in [0.5, 0.6) is 0 Å². The first kappa shape index (κ1) is 25.2. The summed E-state index contributed by atoms with van der Waals surface area (Å²) in [5.74, 6) is -1.35. The number of hydrogen-bond donors (Lipinski definition) is 2. The first-order valence-corrected chi connectivity index (χ1v) is 12.4. The Kier molecular flexibility index (Phi) is 7.12. The molecule has 0 spiro atoms. The molecule has 0 saturated carbocycles. The number of fused-ring (bicyclic) bond motifs is 1. The van der Waals surface area contributed by atoms with Crippen molar-refractivity contribution in [2.45, 2.75) is 31.8 Å². The highest BCUT2D eigenvalue weighted by molar-refractivity contribution is 5.99. The van der Waals surface area contributed by atoms with Gasteiger partial charge in [0.1, 0.15) is 17.2 Å². The van der Waals surface area contributed by atoms with Crippen LogP contribution in [-0.4, -0.2) is 61.4 Å². The number of aliphatic hydroxyl groups excluding tert-OH is 1. The largest absolute Gasteiger partial charge is 0.440 e. The zero-order chi connectivity index (χ0) is 26.1. The molecule has 1 amide bonds. The summed E-state index contributed by atoms with van der Waals surface area (Å²) in [6.45, 7) is 4.28. The Morgan fingerprint density at radius 2 is 1.84 bits per heavy atom. The van der Waals surface area contributed by atoms with E-state index in [0.29, 0.717) is 56.3 Å². The fourth-order valence-corrected chi connectivity index (χ4v) is 5.08. The number of morpholine rings is 1. The minimum atomic E-state index is -0.728. The number of nitrogens with zero attached hydrogens (tertiary/aromatic N) is 2. The summed E-state index contributed by atoms with van der Waals surface area (Å²) in [6.07, 6.45) is 1.49. The van der Waals surface area contributed by atoms with Crippen molar-refractivity contribution in [3.63, 3.8) is 0 Å². The monoisotopic (exact) mass is 513 g/mol. The minimum absolute atomic E-state index is 0.139. The Bertz CT molecular complexity index is 1350. The van der Waals surface area contributed by atoms with E-state index in [9.17, 15) is 23.5 Å². The van der Waals surface area contributed by atoms with Crippen molar-refractivity contribution < 1.29 is 27.8 Å². The maximum atomic E-state index is 13.8. The number of anilines is 2. The molecule has 5 rings (SSSR count). The van der Waals surface area contributed by atoms with E-state index in [2.05, 4.69) is 5.32 Å². The molecule has 8 nitrogen and oxygen atoms in total. The lowest BCUT2D eigenvalue weighted by Crippen LogP contribution is -2.37. The van der Waals surface area contributed by atoms with Crippen LogP contribution in [0.2, 0.25) is 0 Å². The highest BCUT2D eigenvalue weighted by Crippen LogP contribution is 2.32. The van der Waals surface area contributed by atoms with Gasteiger partial charge < -0.3 is 29.4 Å². The Balaban J connectivity index is 1.61. The predicted molar refractivity (Wildman–Crippen MR) is 135 cm³/mol. The van der Waals surface area contributed by atoms with Gasteiger partial charge in [0, 0.05) is 48.6 Å². The fraction of sp³-hybridized carbons (Fsp3) is 0.407. The smallest absolute Gasteiger partial charge is 0.254 e. The molecule has 2 aliphatic rings. The molecule has 0 radical (unpaired) electrons. The van der Waals surface area contributed by atoms with E-state index < -0.39 is 17.7 Å². The van der Waals surface area contributed by atoms with Gasteiger partial charge in [-0.1, -0.05) is 0 Å². The summed E-state index contributed by atoms with van der Waals surface area (Å²) < 4.78 is 39.3. The van der Waals surface area contributed by atoms with Gasteiger partial charge in [0.2, 0.25) is 0 Å². The normalized spacial score (nSPS) is 18.9. The standard InChI is InChI=1S/C27H29F2N3O5/c1-16(30-20-12-18(28)11-19(29)13-20)22-9-17(27(35)32-4-2-3-21(32)15-33)10-23-24(34)14-25(37-26(22)23)31-5-7-36-8-6-31/h9-14,16,21,30,33H,2-8,15H2,1H3/t16?,21-/m1/s1. The average Bonchev–Trinajstić information content (AvgIpc) is 3.36. The Morgan fingerprint density at radius 1 is 1.11 bits per heavy atom. The third-order valence-electron chi connectivity index (χ3n) is 6.98. The Labute approximate surface area is 212 Å². The number of likely N-dealkylation sites (tertiary alicyclic amines) is 1. The quantitative estimate of drug-likeness (QED) is 0.519. The van der Waals surface area contributed by atoms with Gasteiger partial charge in [-0.3, -0.25) is 9.59 Å². The molecule has 2 N–H and O–H groups in total. The van der Waals surface area contributed by atoms with Gasteiger partial charge in [-0.2, -0.15) is 0 Å². The first-order chi connectivity index (χ1) is 17.8. The fourth-order valence-electron chi connectivity index (χ4n) is 5.08. The molecule has 3 aromatic rings. The molecule has 2 fully saturated rings. The summed E-state index contributed by atoms with van der Waals surface area (Å²) in [6, 6.07) is 6.85. The molecule has 0 bridgehead atoms. The molecule has 37 heavy (non-hydrogen) atoms. The molecule has 2 aromatic carbocycles. The lowest BCUT2D eigenvalue weighted by Gasteiger charge is -2.28. The second-order valence-corrected chi connectivity index (χ2v) is 9.49. The lowest BCUT2D eigenvalue weighted by atomic mass is 9.99. The number of carbonyl (C=O) groups excluding carboxylic acids is 1. The van der Waals surface area contributed by atoms with Gasteiger partial charge in [0.25, 0.3) is 5.91 Å². The lowest BCUT2D eigenvalue weighted by molar-refractivity contribution is 0.0677. The van der Waals surface area contributed by atoms with Gasteiger partial charge in [-0.15, -0.1) is 0 Å². The van der Waals surface area contributed by atoms with E-state index in [1.54, 1.807) is 17.9 Å².